The van der Waals surface area contributed by atoms with E-state index in [0.29, 0.717) is 42.1 Å². The van der Waals surface area contributed by atoms with Gasteiger partial charge in [0.15, 0.2) is 11.5 Å². The zero-order valence-electron chi connectivity index (χ0n) is 19.2. The molecule has 1 saturated heterocycles. The fourth-order valence-electron chi connectivity index (χ4n) is 4.69. The van der Waals surface area contributed by atoms with Crippen molar-refractivity contribution in [2.24, 2.45) is 5.92 Å². The van der Waals surface area contributed by atoms with Gasteiger partial charge in [-0.25, -0.2) is 0 Å². The van der Waals surface area contributed by atoms with Crippen molar-refractivity contribution < 1.29 is 14.3 Å². The summed E-state index contributed by atoms with van der Waals surface area (Å²) in [6.45, 7) is 4.18. The van der Waals surface area contributed by atoms with Gasteiger partial charge in [0.05, 0.1) is 24.9 Å². The van der Waals surface area contributed by atoms with E-state index in [-0.39, 0.29) is 5.91 Å². The number of ether oxygens (including phenoxy) is 2. The van der Waals surface area contributed by atoms with E-state index in [0.717, 1.165) is 41.3 Å². The Labute approximate surface area is 209 Å². The Kier molecular flexibility index (Phi) is 7.04. The maximum absolute atomic E-state index is 13.1. The van der Waals surface area contributed by atoms with Gasteiger partial charge in [0, 0.05) is 29.6 Å². The normalized spacial score (nSPS) is 18.6. The molecule has 34 heavy (non-hydrogen) atoms. The standard InChI is InChI=1S/C26H28ClN3O3S/c1-29-7-3-4-18(14-29)16-33-23-12-20(19-5-2-6-22(27)11-19)10-21-15-30(8-9-32-25(21)23)26(31)24-13-28-17-34-24/h2,5-6,10-13,17-18H,3-4,7-9,14-16H2,1H3/t18-/m1/s1. The lowest BCUT2D eigenvalue weighted by molar-refractivity contribution is 0.0737. The van der Waals surface area contributed by atoms with Crippen LogP contribution in [0.2, 0.25) is 5.02 Å². The summed E-state index contributed by atoms with van der Waals surface area (Å²) in [5.41, 5.74) is 4.61. The molecule has 2 aromatic carbocycles. The zero-order chi connectivity index (χ0) is 23.5. The number of halogens is 1. The van der Waals surface area contributed by atoms with Crippen LogP contribution in [0.15, 0.2) is 48.1 Å². The maximum atomic E-state index is 13.1. The molecule has 3 heterocycles. The Morgan fingerprint density at radius 3 is 2.97 bits per heavy atom. The Balaban J connectivity index is 1.47. The van der Waals surface area contributed by atoms with Gasteiger partial charge in [-0.2, -0.15) is 0 Å². The third-order valence-corrected chi connectivity index (χ3v) is 7.38. The lowest BCUT2D eigenvalue weighted by Gasteiger charge is -2.29. The fraction of sp³-hybridized carbons (Fsp3) is 0.385. The number of aromatic nitrogens is 1. The second-order valence-corrected chi connectivity index (χ2v) is 10.3. The van der Waals surface area contributed by atoms with Crippen LogP contribution in [-0.4, -0.2) is 60.6 Å². The van der Waals surface area contributed by atoms with Gasteiger partial charge in [-0.05, 0) is 61.8 Å². The molecule has 8 heteroatoms. The van der Waals surface area contributed by atoms with E-state index in [9.17, 15) is 4.79 Å². The highest BCUT2D eigenvalue weighted by atomic mass is 35.5. The Morgan fingerprint density at radius 1 is 1.26 bits per heavy atom. The molecule has 6 nitrogen and oxygen atoms in total. The molecule has 0 radical (unpaired) electrons. The van der Waals surface area contributed by atoms with Gasteiger partial charge in [0.2, 0.25) is 0 Å². The highest BCUT2D eigenvalue weighted by molar-refractivity contribution is 7.11. The molecule has 1 aromatic heterocycles. The van der Waals surface area contributed by atoms with E-state index in [1.54, 1.807) is 11.7 Å². The van der Waals surface area contributed by atoms with Crippen LogP contribution in [0.1, 0.15) is 28.1 Å². The first-order valence-electron chi connectivity index (χ1n) is 11.6. The summed E-state index contributed by atoms with van der Waals surface area (Å²) in [5, 5.41) is 0.679. The van der Waals surface area contributed by atoms with Crippen LogP contribution in [0.3, 0.4) is 0 Å². The molecule has 1 amide bonds. The van der Waals surface area contributed by atoms with Crippen molar-refractivity contribution in [1.29, 1.82) is 0 Å². The highest BCUT2D eigenvalue weighted by Gasteiger charge is 2.26. The minimum absolute atomic E-state index is 0.0279. The molecule has 0 saturated carbocycles. The van der Waals surface area contributed by atoms with Gasteiger partial charge < -0.3 is 19.3 Å². The third kappa shape index (κ3) is 5.22. The molecular formula is C26H28ClN3O3S. The Morgan fingerprint density at radius 2 is 2.18 bits per heavy atom. The number of hydrogen-bond donors (Lipinski definition) is 0. The molecule has 0 N–H and O–H groups in total. The first-order chi connectivity index (χ1) is 16.6. The molecule has 0 spiro atoms. The SMILES string of the molecule is CN1CCC[C@@H](COc2cc(-c3cccc(Cl)c3)cc3c2OCCN(C(=O)c2cncs2)C3)C1. The number of carbonyl (C=O) groups excluding carboxylic acids is 1. The smallest absolute Gasteiger partial charge is 0.265 e. The average molecular weight is 498 g/mol. The highest BCUT2D eigenvalue weighted by Crippen LogP contribution is 2.39. The van der Waals surface area contributed by atoms with Gasteiger partial charge in [0.25, 0.3) is 5.91 Å². The van der Waals surface area contributed by atoms with Crippen molar-refractivity contribution in [3.63, 3.8) is 0 Å². The summed E-state index contributed by atoms with van der Waals surface area (Å²) in [7, 11) is 2.16. The van der Waals surface area contributed by atoms with Gasteiger partial charge in [0.1, 0.15) is 11.5 Å². The molecule has 0 unspecified atom stereocenters. The summed E-state index contributed by atoms with van der Waals surface area (Å²) in [5.74, 6) is 1.92. The first-order valence-corrected chi connectivity index (χ1v) is 12.9. The monoisotopic (exact) mass is 497 g/mol. The van der Waals surface area contributed by atoms with Crippen LogP contribution in [0, 0.1) is 5.92 Å². The predicted octanol–water partition coefficient (Wildman–Crippen LogP) is 5.22. The molecular weight excluding hydrogens is 470 g/mol. The zero-order valence-corrected chi connectivity index (χ0v) is 20.8. The number of piperidine rings is 1. The van der Waals surface area contributed by atoms with Gasteiger partial charge in [-0.1, -0.05) is 23.7 Å². The van der Waals surface area contributed by atoms with E-state index < -0.39 is 0 Å². The number of amides is 1. The largest absolute Gasteiger partial charge is 0.489 e. The average Bonchev–Trinajstić information content (AvgIpc) is 3.29. The molecule has 1 atom stereocenters. The number of rotatable bonds is 5. The molecule has 1 fully saturated rings. The van der Waals surface area contributed by atoms with Crippen molar-refractivity contribution >= 4 is 28.8 Å². The van der Waals surface area contributed by atoms with Crippen molar-refractivity contribution in [1.82, 2.24) is 14.8 Å². The van der Waals surface area contributed by atoms with E-state index >= 15 is 0 Å². The molecule has 0 aliphatic carbocycles. The second kappa shape index (κ2) is 10.3. The van der Waals surface area contributed by atoms with E-state index in [2.05, 4.69) is 23.0 Å². The van der Waals surface area contributed by atoms with Crippen LogP contribution >= 0.6 is 22.9 Å². The van der Waals surface area contributed by atoms with Crippen molar-refractivity contribution in [3.05, 3.63) is 63.6 Å². The van der Waals surface area contributed by atoms with Crippen LogP contribution in [0.4, 0.5) is 0 Å². The summed E-state index contributed by atoms with van der Waals surface area (Å²) in [6, 6.07) is 11.9. The van der Waals surface area contributed by atoms with Gasteiger partial charge >= 0.3 is 0 Å². The summed E-state index contributed by atoms with van der Waals surface area (Å²) in [6.07, 6.45) is 3.98. The van der Waals surface area contributed by atoms with Crippen molar-refractivity contribution in [3.8, 4) is 22.6 Å². The number of nitrogens with zero attached hydrogens (tertiary/aromatic N) is 3. The summed E-state index contributed by atoms with van der Waals surface area (Å²) < 4.78 is 12.6. The molecule has 3 aromatic rings. The number of hydrogen-bond acceptors (Lipinski definition) is 6. The minimum atomic E-state index is -0.0279. The Bertz CT molecular complexity index is 1150. The number of benzene rings is 2. The summed E-state index contributed by atoms with van der Waals surface area (Å²) >= 11 is 7.64. The van der Waals surface area contributed by atoms with Crippen molar-refractivity contribution in [2.75, 3.05) is 39.9 Å². The third-order valence-electron chi connectivity index (χ3n) is 6.39. The van der Waals surface area contributed by atoms with Crippen LogP contribution < -0.4 is 9.47 Å². The van der Waals surface area contributed by atoms with Crippen LogP contribution in [-0.2, 0) is 6.54 Å². The fourth-order valence-corrected chi connectivity index (χ4v) is 5.47. The number of fused-ring (bicyclic) bond motifs is 1. The van der Waals surface area contributed by atoms with E-state index in [1.165, 1.54) is 24.2 Å². The predicted molar refractivity (Wildman–Crippen MR) is 135 cm³/mol. The lowest BCUT2D eigenvalue weighted by atomic mass is 9.99. The van der Waals surface area contributed by atoms with Gasteiger partial charge in [-0.3, -0.25) is 9.78 Å². The molecule has 0 bridgehead atoms. The first kappa shape index (κ1) is 23.1. The maximum Gasteiger partial charge on any atom is 0.265 e. The molecule has 5 rings (SSSR count). The summed E-state index contributed by atoms with van der Waals surface area (Å²) in [4.78, 5) is 21.9. The van der Waals surface area contributed by atoms with E-state index in [4.69, 9.17) is 21.1 Å². The number of carbonyl (C=O) groups is 1. The molecule has 2 aliphatic heterocycles. The van der Waals surface area contributed by atoms with Crippen LogP contribution in [0.5, 0.6) is 11.5 Å². The van der Waals surface area contributed by atoms with Gasteiger partial charge in [-0.15, -0.1) is 11.3 Å². The van der Waals surface area contributed by atoms with Crippen LogP contribution in [0.25, 0.3) is 11.1 Å². The molecule has 2 aliphatic rings. The number of likely N-dealkylation sites (tertiary alicyclic amines) is 1. The topological polar surface area (TPSA) is 54.9 Å². The minimum Gasteiger partial charge on any atom is -0.489 e. The lowest BCUT2D eigenvalue weighted by Crippen LogP contribution is -2.34. The van der Waals surface area contributed by atoms with E-state index in [1.807, 2.05) is 35.2 Å². The number of thiazole rings is 1. The second-order valence-electron chi connectivity index (χ2n) is 9.00. The molecule has 178 valence electrons. The Hall–Kier alpha value is -2.61. The quantitative estimate of drug-likeness (QED) is 0.483. The van der Waals surface area contributed by atoms with Crippen molar-refractivity contribution in [2.45, 2.75) is 19.4 Å².